The summed E-state index contributed by atoms with van der Waals surface area (Å²) in [7, 11) is 0. The van der Waals surface area contributed by atoms with Crippen molar-refractivity contribution < 1.29 is 22.9 Å². The Labute approximate surface area is 127 Å². The van der Waals surface area contributed by atoms with E-state index in [4.69, 9.17) is 0 Å². The van der Waals surface area contributed by atoms with E-state index >= 15 is 0 Å². The van der Waals surface area contributed by atoms with Crippen molar-refractivity contribution in [3.05, 3.63) is 57.7 Å². The fraction of sp³-hybridized carbons (Fsp3) is 0.154. The number of nitro benzene ring substituents is 1. The molecule has 10 heteroatoms. The van der Waals surface area contributed by atoms with E-state index in [-0.39, 0.29) is 11.4 Å². The first-order valence-corrected chi connectivity index (χ1v) is 6.14. The Kier molecular flexibility index (Phi) is 4.25. The summed E-state index contributed by atoms with van der Waals surface area (Å²) in [6.45, 7) is 1.65. The second-order valence-electron chi connectivity index (χ2n) is 4.48. The van der Waals surface area contributed by atoms with E-state index < -0.39 is 28.3 Å². The molecule has 0 unspecified atom stereocenters. The Morgan fingerprint density at radius 3 is 2.48 bits per heavy atom. The van der Waals surface area contributed by atoms with Crippen LogP contribution in [-0.4, -0.2) is 20.8 Å². The Morgan fingerprint density at radius 2 is 1.96 bits per heavy atom. The number of hydrogen-bond acceptors (Lipinski definition) is 5. The molecule has 2 aromatic rings. The smallest absolute Gasteiger partial charge is 0.321 e. The first kappa shape index (κ1) is 16.3. The lowest BCUT2D eigenvalue weighted by atomic mass is 10.1. The highest BCUT2D eigenvalue weighted by atomic mass is 19.4. The van der Waals surface area contributed by atoms with Gasteiger partial charge in [0, 0.05) is 18.0 Å². The zero-order valence-electron chi connectivity index (χ0n) is 11.6. The van der Waals surface area contributed by atoms with Gasteiger partial charge in [-0.25, -0.2) is 4.98 Å². The van der Waals surface area contributed by atoms with Crippen LogP contribution in [-0.2, 0) is 6.18 Å². The van der Waals surface area contributed by atoms with Crippen LogP contribution >= 0.6 is 0 Å². The highest BCUT2D eigenvalue weighted by molar-refractivity contribution is 6.02. The molecular formula is C13H9F3N4O3. The molecule has 0 atom stereocenters. The number of anilines is 1. The van der Waals surface area contributed by atoms with Crippen LogP contribution in [0.1, 0.15) is 21.7 Å². The lowest BCUT2D eigenvalue weighted by Gasteiger charge is -2.10. The number of nitrogens with zero attached hydrogens (tertiary/aromatic N) is 3. The molecule has 1 N–H and O–H groups in total. The molecule has 1 aromatic carbocycles. The van der Waals surface area contributed by atoms with Gasteiger partial charge in [-0.15, -0.1) is 0 Å². The van der Waals surface area contributed by atoms with Crippen LogP contribution in [0, 0.1) is 17.0 Å². The highest BCUT2D eigenvalue weighted by Gasteiger charge is 2.38. The molecule has 0 spiro atoms. The van der Waals surface area contributed by atoms with Crippen molar-refractivity contribution >= 4 is 17.3 Å². The van der Waals surface area contributed by atoms with E-state index in [9.17, 15) is 28.1 Å². The minimum atomic E-state index is -4.92. The maximum absolute atomic E-state index is 12.9. The average molecular weight is 326 g/mol. The number of hydrogen-bond donors (Lipinski definition) is 1. The third kappa shape index (κ3) is 3.78. The van der Waals surface area contributed by atoms with E-state index in [2.05, 4.69) is 15.3 Å². The third-order valence-corrected chi connectivity index (χ3v) is 2.77. The predicted octanol–water partition coefficient (Wildman–Crippen LogP) is 2.96. The van der Waals surface area contributed by atoms with E-state index in [0.717, 1.165) is 6.07 Å². The van der Waals surface area contributed by atoms with Gasteiger partial charge in [-0.2, -0.15) is 13.2 Å². The van der Waals surface area contributed by atoms with Gasteiger partial charge in [0.25, 0.3) is 11.6 Å². The molecule has 0 aliphatic carbocycles. The van der Waals surface area contributed by atoms with Gasteiger partial charge in [-0.3, -0.25) is 19.9 Å². The number of nitro groups is 1. The minimum absolute atomic E-state index is 0.0949. The van der Waals surface area contributed by atoms with Crippen LogP contribution in [0.15, 0.2) is 30.6 Å². The molecule has 1 aromatic heterocycles. The summed E-state index contributed by atoms with van der Waals surface area (Å²) >= 11 is 0. The largest absolute Gasteiger partial charge is 0.423 e. The van der Waals surface area contributed by atoms with Gasteiger partial charge < -0.3 is 5.32 Å². The molecular weight excluding hydrogens is 317 g/mol. The van der Waals surface area contributed by atoms with Gasteiger partial charge in [0.2, 0.25) is 0 Å². The van der Waals surface area contributed by atoms with Crippen molar-refractivity contribution in [1.29, 1.82) is 0 Å². The van der Waals surface area contributed by atoms with Gasteiger partial charge >= 0.3 is 6.18 Å². The molecule has 23 heavy (non-hydrogen) atoms. The molecule has 0 bridgehead atoms. The molecule has 0 saturated heterocycles. The van der Waals surface area contributed by atoms with Crippen molar-refractivity contribution in [3.8, 4) is 0 Å². The molecule has 0 saturated carbocycles. The van der Waals surface area contributed by atoms with Gasteiger partial charge in [0.1, 0.15) is 11.3 Å². The Morgan fingerprint density at radius 1 is 1.26 bits per heavy atom. The molecule has 2 rings (SSSR count). The normalized spacial score (nSPS) is 11.1. The first-order chi connectivity index (χ1) is 10.7. The zero-order chi connectivity index (χ0) is 17.2. The second-order valence-corrected chi connectivity index (χ2v) is 4.48. The number of alkyl halides is 3. The van der Waals surface area contributed by atoms with E-state index in [0.29, 0.717) is 17.8 Å². The summed E-state index contributed by atoms with van der Waals surface area (Å²) in [4.78, 5) is 29.0. The predicted molar refractivity (Wildman–Crippen MR) is 72.8 cm³/mol. The lowest BCUT2D eigenvalue weighted by Crippen LogP contribution is -2.15. The number of nitrogens with one attached hydrogen (secondary N) is 1. The molecule has 7 nitrogen and oxygen atoms in total. The van der Waals surface area contributed by atoms with Crippen molar-refractivity contribution in [2.45, 2.75) is 13.1 Å². The molecule has 0 fully saturated rings. The van der Waals surface area contributed by atoms with Crippen LogP contribution in [0.2, 0.25) is 0 Å². The fourth-order valence-corrected chi connectivity index (χ4v) is 1.71. The summed E-state index contributed by atoms with van der Waals surface area (Å²) in [5.41, 5.74) is -2.31. The summed E-state index contributed by atoms with van der Waals surface area (Å²) in [6.07, 6.45) is -2.43. The number of benzene rings is 1. The average Bonchev–Trinajstić information content (AvgIpc) is 2.46. The van der Waals surface area contributed by atoms with E-state index in [1.54, 1.807) is 6.92 Å². The van der Waals surface area contributed by atoms with Gasteiger partial charge in [0.15, 0.2) is 0 Å². The maximum Gasteiger partial charge on any atom is 0.423 e. The standard InChI is InChI=1S/C13H9F3N4O3/c1-7-5-18-10(6-17-7)12(21)19-8-2-3-11(20(22)23)9(4-8)13(14,15)16/h2-6H,1H3,(H,19,21). The second kappa shape index (κ2) is 5.99. The minimum Gasteiger partial charge on any atom is -0.321 e. The van der Waals surface area contributed by atoms with Crippen LogP contribution < -0.4 is 5.32 Å². The third-order valence-electron chi connectivity index (χ3n) is 2.77. The molecule has 0 radical (unpaired) electrons. The summed E-state index contributed by atoms with van der Waals surface area (Å²) in [5.74, 6) is -0.778. The van der Waals surface area contributed by atoms with Crippen molar-refractivity contribution in [2.75, 3.05) is 5.32 Å². The number of carbonyl (C=O) groups excluding carboxylic acids is 1. The van der Waals surface area contributed by atoms with Crippen LogP contribution in [0.5, 0.6) is 0 Å². The molecule has 0 aliphatic heterocycles. The van der Waals surface area contributed by atoms with Crippen LogP contribution in [0.3, 0.4) is 0 Å². The molecule has 120 valence electrons. The number of halogens is 3. The van der Waals surface area contributed by atoms with Gasteiger partial charge in [-0.05, 0) is 19.1 Å². The van der Waals surface area contributed by atoms with Gasteiger partial charge in [-0.1, -0.05) is 0 Å². The fourth-order valence-electron chi connectivity index (χ4n) is 1.71. The van der Waals surface area contributed by atoms with Crippen molar-refractivity contribution in [1.82, 2.24) is 9.97 Å². The van der Waals surface area contributed by atoms with E-state index in [1.165, 1.54) is 12.4 Å². The summed E-state index contributed by atoms with van der Waals surface area (Å²) < 4.78 is 38.6. The monoisotopic (exact) mass is 326 g/mol. The molecule has 0 aliphatic rings. The van der Waals surface area contributed by atoms with Gasteiger partial charge in [0.05, 0.1) is 16.8 Å². The number of aryl methyl sites for hydroxylation is 1. The number of carbonyl (C=O) groups is 1. The zero-order valence-corrected chi connectivity index (χ0v) is 11.6. The SMILES string of the molecule is Cc1cnc(C(=O)Nc2ccc([N+](=O)[O-])c(C(F)(F)F)c2)cn1. The van der Waals surface area contributed by atoms with Crippen LogP contribution in [0.4, 0.5) is 24.5 Å². The number of amides is 1. The summed E-state index contributed by atoms with van der Waals surface area (Å²) in [6, 6.07) is 2.18. The first-order valence-electron chi connectivity index (χ1n) is 6.14. The Hall–Kier alpha value is -3.04. The Balaban J connectivity index is 2.32. The quantitative estimate of drug-likeness (QED) is 0.690. The van der Waals surface area contributed by atoms with Crippen molar-refractivity contribution in [2.24, 2.45) is 0 Å². The lowest BCUT2D eigenvalue weighted by molar-refractivity contribution is -0.388. The topological polar surface area (TPSA) is 98.0 Å². The Bertz CT molecular complexity index is 760. The highest BCUT2D eigenvalue weighted by Crippen LogP contribution is 2.37. The maximum atomic E-state index is 12.9. The summed E-state index contributed by atoms with van der Waals surface area (Å²) in [5, 5.41) is 12.8. The number of rotatable bonds is 3. The van der Waals surface area contributed by atoms with E-state index in [1.807, 2.05) is 0 Å². The number of aromatic nitrogens is 2. The molecule has 1 heterocycles. The van der Waals surface area contributed by atoms with Crippen molar-refractivity contribution in [3.63, 3.8) is 0 Å². The molecule has 1 amide bonds. The van der Waals surface area contributed by atoms with Crippen LogP contribution in [0.25, 0.3) is 0 Å².